The van der Waals surface area contributed by atoms with Crippen molar-refractivity contribution in [2.45, 2.75) is 33.1 Å². The molecule has 5 aromatic rings. The summed E-state index contributed by atoms with van der Waals surface area (Å²) in [5, 5.41) is 9.28. The molecule has 3 heteroatoms. The first-order valence-electron chi connectivity index (χ1n) is 11.7. The van der Waals surface area contributed by atoms with Gasteiger partial charge in [0.25, 0.3) is 0 Å². The first-order chi connectivity index (χ1) is 16.4. The number of para-hydroxylation sites is 1. The predicted octanol–water partition coefficient (Wildman–Crippen LogP) is 7.87. The minimum atomic E-state index is 0.107. The van der Waals surface area contributed by atoms with Gasteiger partial charge in [0, 0.05) is 16.8 Å². The lowest BCUT2D eigenvalue weighted by molar-refractivity contribution is 0.590. The van der Waals surface area contributed by atoms with Gasteiger partial charge in [-0.1, -0.05) is 112 Å². The van der Waals surface area contributed by atoms with E-state index in [1.54, 1.807) is 0 Å². The molecule has 1 heterocycles. The SMILES string of the molecule is Cc1ccccc1-c1ccc(-c2nnc(-c3ccc(C(C)(C)C)cc3)n2-c2ccccc2)cc1. The molecular formula is C31H29N3. The quantitative estimate of drug-likeness (QED) is 0.283. The van der Waals surface area contributed by atoms with Crippen LogP contribution in [0.25, 0.3) is 39.6 Å². The maximum atomic E-state index is 4.64. The Kier molecular flexibility index (Phi) is 5.62. The summed E-state index contributed by atoms with van der Waals surface area (Å²) in [6.45, 7) is 8.83. The largest absolute Gasteiger partial charge is 0.275 e. The summed E-state index contributed by atoms with van der Waals surface area (Å²) in [6, 6.07) is 36.1. The third kappa shape index (κ3) is 4.17. The van der Waals surface area contributed by atoms with E-state index < -0.39 is 0 Å². The summed E-state index contributed by atoms with van der Waals surface area (Å²) < 4.78 is 2.15. The first kappa shape index (κ1) is 21.8. The van der Waals surface area contributed by atoms with Gasteiger partial charge in [-0.05, 0) is 46.7 Å². The number of hydrogen-bond acceptors (Lipinski definition) is 2. The molecule has 4 aromatic carbocycles. The molecule has 0 fully saturated rings. The Morgan fingerprint density at radius 3 is 1.62 bits per heavy atom. The van der Waals surface area contributed by atoms with Crippen LogP contribution in [-0.4, -0.2) is 14.8 Å². The van der Waals surface area contributed by atoms with Gasteiger partial charge in [-0.25, -0.2) is 0 Å². The van der Waals surface area contributed by atoms with Gasteiger partial charge < -0.3 is 0 Å². The minimum absolute atomic E-state index is 0.107. The summed E-state index contributed by atoms with van der Waals surface area (Å²) >= 11 is 0. The molecule has 0 aliphatic rings. The van der Waals surface area contributed by atoms with Gasteiger partial charge in [-0.3, -0.25) is 4.57 Å². The van der Waals surface area contributed by atoms with Crippen LogP contribution in [0.5, 0.6) is 0 Å². The average molecular weight is 444 g/mol. The van der Waals surface area contributed by atoms with Crippen LogP contribution >= 0.6 is 0 Å². The third-order valence-corrected chi connectivity index (χ3v) is 6.29. The van der Waals surface area contributed by atoms with Crippen molar-refractivity contribution in [1.29, 1.82) is 0 Å². The molecule has 0 aliphatic carbocycles. The maximum Gasteiger partial charge on any atom is 0.168 e. The van der Waals surface area contributed by atoms with Crippen LogP contribution in [0.3, 0.4) is 0 Å². The lowest BCUT2D eigenvalue weighted by Gasteiger charge is -2.19. The molecule has 34 heavy (non-hydrogen) atoms. The summed E-state index contributed by atoms with van der Waals surface area (Å²) in [5.74, 6) is 1.67. The Morgan fingerprint density at radius 2 is 1.06 bits per heavy atom. The molecule has 5 rings (SSSR count). The Morgan fingerprint density at radius 1 is 0.559 bits per heavy atom. The van der Waals surface area contributed by atoms with E-state index in [1.807, 2.05) is 18.2 Å². The molecule has 0 spiro atoms. The Hall–Kier alpha value is -3.98. The first-order valence-corrected chi connectivity index (χ1v) is 11.7. The topological polar surface area (TPSA) is 30.7 Å². The molecule has 168 valence electrons. The molecule has 0 saturated carbocycles. The van der Waals surface area contributed by atoms with E-state index in [-0.39, 0.29) is 5.41 Å². The third-order valence-electron chi connectivity index (χ3n) is 6.29. The van der Waals surface area contributed by atoms with Crippen molar-refractivity contribution in [2.75, 3.05) is 0 Å². The number of aromatic nitrogens is 3. The van der Waals surface area contributed by atoms with Crippen LogP contribution in [0.1, 0.15) is 31.9 Å². The van der Waals surface area contributed by atoms with Gasteiger partial charge in [0.1, 0.15) is 0 Å². The summed E-state index contributed by atoms with van der Waals surface area (Å²) in [6.07, 6.45) is 0. The van der Waals surface area contributed by atoms with E-state index in [9.17, 15) is 0 Å². The lowest BCUT2D eigenvalue weighted by atomic mass is 9.86. The maximum absolute atomic E-state index is 4.64. The van der Waals surface area contributed by atoms with Crippen molar-refractivity contribution in [3.05, 3.63) is 114 Å². The zero-order valence-electron chi connectivity index (χ0n) is 20.2. The van der Waals surface area contributed by atoms with Crippen molar-refractivity contribution in [2.24, 2.45) is 0 Å². The second-order valence-corrected chi connectivity index (χ2v) is 9.74. The van der Waals surface area contributed by atoms with Crippen molar-refractivity contribution in [3.63, 3.8) is 0 Å². The standard InChI is InChI=1S/C31H29N3/c1-22-10-8-9-13-28(22)23-14-16-24(17-15-23)29-32-33-30(34(29)27-11-6-5-7-12-27)25-18-20-26(21-19-25)31(2,3)4/h5-21H,1-4H3. The Labute approximate surface area is 201 Å². The monoisotopic (exact) mass is 443 g/mol. The number of hydrogen-bond donors (Lipinski definition) is 0. The summed E-state index contributed by atoms with van der Waals surface area (Å²) in [4.78, 5) is 0. The molecule has 1 aromatic heterocycles. The second-order valence-electron chi connectivity index (χ2n) is 9.74. The highest BCUT2D eigenvalue weighted by Crippen LogP contribution is 2.32. The fourth-order valence-corrected chi connectivity index (χ4v) is 4.29. The lowest BCUT2D eigenvalue weighted by Crippen LogP contribution is -2.10. The second kappa shape index (κ2) is 8.75. The number of aryl methyl sites for hydroxylation is 1. The van der Waals surface area contributed by atoms with Crippen LogP contribution in [-0.2, 0) is 5.41 Å². The number of nitrogens with zero attached hydrogens (tertiary/aromatic N) is 3. The molecule has 0 N–H and O–H groups in total. The van der Waals surface area contributed by atoms with E-state index in [0.29, 0.717) is 0 Å². The Balaban J connectivity index is 1.60. The van der Waals surface area contributed by atoms with Gasteiger partial charge in [0.05, 0.1) is 0 Å². The fourth-order valence-electron chi connectivity index (χ4n) is 4.29. The highest BCUT2D eigenvalue weighted by atomic mass is 15.3. The van der Waals surface area contributed by atoms with Crippen molar-refractivity contribution >= 4 is 0 Å². The molecule has 0 atom stereocenters. The van der Waals surface area contributed by atoms with E-state index in [0.717, 1.165) is 28.5 Å². The van der Waals surface area contributed by atoms with E-state index in [2.05, 4.69) is 127 Å². The molecule has 0 unspecified atom stereocenters. The number of rotatable bonds is 4. The van der Waals surface area contributed by atoms with Crippen molar-refractivity contribution in [1.82, 2.24) is 14.8 Å². The molecule has 0 saturated heterocycles. The van der Waals surface area contributed by atoms with Gasteiger partial charge in [0.2, 0.25) is 0 Å². The molecule has 0 bridgehead atoms. The normalized spacial score (nSPS) is 11.5. The fraction of sp³-hybridized carbons (Fsp3) is 0.161. The van der Waals surface area contributed by atoms with Crippen molar-refractivity contribution in [3.8, 4) is 39.6 Å². The minimum Gasteiger partial charge on any atom is -0.275 e. The summed E-state index contributed by atoms with van der Waals surface area (Å²) in [5.41, 5.74) is 8.25. The zero-order valence-corrected chi connectivity index (χ0v) is 20.2. The van der Waals surface area contributed by atoms with Gasteiger partial charge in [-0.2, -0.15) is 0 Å². The van der Waals surface area contributed by atoms with E-state index in [4.69, 9.17) is 0 Å². The zero-order chi connectivity index (χ0) is 23.7. The Bertz CT molecular complexity index is 1400. The highest BCUT2D eigenvalue weighted by molar-refractivity contribution is 5.72. The highest BCUT2D eigenvalue weighted by Gasteiger charge is 2.19. The average Bonchev–Trinajstić information content (AvgIpc) is 3.30. The molecule has 0 amide bonds. The van der Waals surface area contributed by atoms with Crippen molar-refractivity contribution < 1.29 is 0 Å². The molecular weight excluding hydrogens is 414 g/mol. The van der Waals surface area contributed by atoms with Gasteiger partial charge in [0.15, 0.2) is 11.6 Å². The smallest absolute Gasteiger partial charge is 0.168 e. The van der Waals surface area contributed by atoms with Crippen LogP contribution in [0.15, 0.2) is 103 Å². The van der Waals surface area contributed by atoms with Crippen LogP contribution in [0.4, 0.5) is 0 Å². The predicted molar refractivity (Wildman–Crippen MR) is 141 cm³/mol. The van der Waals surface area contributed by atoms with Crippen LogP contribution in [0, 0.1) is 6.92 Å². The van der Waals surface area contributed by atoms with Gasteiger partial charge >= 0.3 is 0 Å². The van der Waals surface area contributed by atoms with Gasteiger partial charge in [-0.15, -0.1) is 10.2 Å². The van der Waals surface area contributed by atoms with Crippen LogP contribution < -0.4 is 0 Å². The molecule has 3 nitrogen and oxygen atoms in total. The van der Waals surface area contributed by atoms with E-state index in [1.165, 1.54) is 22.3 Å². The number of benzene rings is 4. The van der Waals surface area contributed by atoms with Crippen LogP contribution in [0.2, 0.25) is 0 Å². The molecule has 0 radical (unpaired) electrons. The van der Waals surface area contributed by atoms with E-state index >= 15 is 0 Å². The molecule has 0 aliphatic heterocycles. The summed E-state index contributed by atoms with van der Waals surface area (Å²) in [7, 11) is 0.